The molecule has 3 rings (SSSR count). The molecule has 0 bridgehead atoms. The normalized spacial score (nSPS) is 17.1. The van der Waals surface area contributed by atoms with Gasteiger partial charge in [-0.15, -0.1) is 0 Å². The maximum absolute atomic E-state index is 13.1. The zero-order valence-corrected chi connectivity index (χ0v) is 15.0. The summed E-state index contributed by atoms with van der Waals surface area (Å²) in [5, 5.41) is 24.2. The monoisotopic (exact) mass is 373 g/mol. The van der Waals surface area contributed by atoms with E-state index in [9.17, 15) is 15.3 Å². The predicted molar refractivity (Wildman–Crippen MR) is 104 cm³/mol. The summed E-state index contributed by atoms with van der Waals surface area (Å²) in [5.74, 6) is -3.03. The van der Waals surface area contributed by atoms with Gasteiger partial charge in [0.2, 0.25) is 0 Å². The van der Waals surface area contributed by atoms with E-state index in [1.54, 1.807) is 24.3 Å². The summed E-state index contributed by atoms with van der Waals surface area (Å²) < 4.78 is 0. The molecule has 7 heteroatoms. The largest absolute Gasteiger partial charge is 0.374 e. The smallest absolute Gasteiger partial charge is 0.259 e. The van der Waals surface area contributed by atoms with Crippen LogP contribution in [0.15, 0.2) is 65.8 Å². The highest BCUT2D eigenvalue weighted by atomic mass is 32.1. The molecule has 1 aliphatic heterocycles. The molecule has 1 aliphatic rings. The van der Waals surface area contributed by atoms with Gasteiger partial charge in [0.05, 0.1) is 23.8 Å². The lowest BCUT2D eigenvalue weighted by Gasteiger charge is -2.25. The van der Waals surface area contributed by atoms with Crippen LogP contribution in [0.4, 0.5) is 0 Å². The Morgan fingerprint density at radius 3 is 2.15 bits per heavy atom. The van der Waals surface area contributed by atoms with E-state index in [2.05, 4.69) is 5.10 Å². The van der Waals surface area contributed by atoms with E-state index in [0.29, 0.717) is 16.8 Å². The number of thiocarbonyl (C=S) groups is 1. The molecule has 1 heterocycles. The van der Waals surface area contributed by atoms with Crippen molar-refractivity contribution in [1.29, 1.82) is 10.5 Å². The highest BCUT2D eigenvalue weighted by molar-refractivity contribution is 7.80. The fourth-order valence-corrected chi connectivity index (χ4v) is 3.37. The fraction of sp³-hybridized carbons (Fsp3) is 0.150. The summed E-state index contributed by atoms with van der Waals surface area (Å²) in [5.41, 5.74) is 7.53. The van der Waals surface area contributed by atoms with E-state index in [1.807, 2.05) is 48.5 Å². The number of nitrogens with zero attached hydrogens (tertiary/aromatic N) is 4. The number of hydrazone groups is 1. The zero-order valence-electron chi connectivity index (χ0n) is 14.2. The molecule has 2 N–H and O–H groups in total. The lowest BCUT2D eigenvalue weighted by atomic mass is 9.74. The average Bonchev–Trinajstić information content (AvgIpc) is 3.04. The summed E-state index contributed by atoms with van der Waals surface area (Å²) in [4.78, 5) is 13.1. The Hall–Kier alpha value is -3.55. The van der Waals surface area contributed by atoms with Crippen molar-refractivity contribution in [2.75, 3.05) is 0 Å². The Labute approximate surface area is 162 Å². The topological polar surface area (TPSA) is 106 Å². The van der Waals surface area contributed by atoms with Crippen LogP contribution in [0.5, 0.6) is 0 Å². The van der Waals surface area contributed by atoms with Gasteiger partial charge in [-0.3, -0.25) is 4.79 Å². The third-order valence-electron chi connectivity index (χ3n) is 4.44. The standard InChI is InChI=1S/C20H15N5OS/c21-11-15(12-22)16(13-7-3-1-4-8-13)17-18(14-9-5-2-6-10-14)24-25(19(17)26)20(23)27/h1-10,15-17H,(H2,23,27)/t16-,17+/m0/s1. The third kappa shape index (κ3) is 3.41. The van der Waals surface area contributed by atoms with Crippen LogP contribution in [-0.2, 0) is 4.79 Å². The Bertz CT molecular complexity index is 961. The summed E-state index contributed by atoms with van der Waals surface area (Å²) in [6, 6.07) is 22.2. The number of carbonyl (C=O) groups is 1. The Kier molecular flexibility index (Phi) is 5.25. The van der Waals surface area contributed by atoms with Crippen LogP contribution in [0.1, 0.15) is 17.0 Å². The number of hydrogen-bond acceptors (Lipinski definition) is 5. The average molecular weight is 373 g/mol. The molecule has 1 amide bonds. The maximum Gasteiger partial charge on any atom is 0.259 e. The quantitative estimate of drug-likeness (QED) is 0.829. The molecule has 0 unspecified atom stereocenters. The van der Waals surface area contributed by atoms with Gasteiger partial charge in [-0.25, -0.2) is 0 Å². The molecular weight excluding hydrogens is 358 g/mol. The predicted octanol–water partition coefficient (Wildman–Crippen LogP) is 2.54. The summed E-state index contributed by atoms with van der Waals surface area (Å²) >= 11 is 4.96. The van der Waals surface area contributed by atoms with Gasteiger partial charge in [0.15, 0.2) is 5.11 Å². The first-order valence-corrected chi connectivity index (χ1v) is 8.60. The van der Waals surface area contributed by atoms with Crippen molar-refractivity contribution in [3.63, 3.8) is 0 Å². The minimum Gasteiger partial charge on any atom is -0.374 e. The summed E-state index contributed by atoms with van der Waals surface area (Å²) in [6.45, 7) is 0. The maximum atomic E-state index is 13.1. The second kappa shape index (κ2) is 7.77. The van der Waals surface area contributed by atoms with Crippen LogP contribution in [-0.4, -0.2) is 21.7 Å². The van der Waals surface area contributed by atoms with Crippen molar-refractivity contribution < 1.29 is 4.79 Å². The highest BCUT2D eigenvalue weighted by Crippen LogP contribution is 2.38. The van der Waals surface area contributed by atoms with Gasteiger partial charge in [-0.1, -0.05) is 60.7 Å². The van der Waals surface area contributed by atoms with Gasteiger partial charge < -0.3 is 5.73 Å². The number of carbonyl (C=O) groups excluding carboxylic acids is 1. The summed E-state index contributed by atoms with van der Waals surface area (Å²) in [6.07, 6.45) is 0. The molecule has 2 aromatic carbocycles. The number of amides is 1. The Balaban J connectivity index is 2.18. The van der Waals surface area contributed by atoms with E-state index >= 15 is 0 Å². The molecule has 0 aromatic heterocycles. The van der Waals surface area contributed by atoms with E-state index in [-0.39, 0.29) is 5.11 Å². The molecule has 2 aromatic rings. The van der Waals surface area contributed by atoms with Crippen molar-refractivity contribution in [3.8, 4) is 12.1 Å². The second-order valence-electron chi connectivity index (χ2n) is 5.99. The van der Waals surface area contributed by atoms with Crippen molar-refractivity contribution in [1.82, 2.24) is 5.01 Å². The minimum atomic E-state index is -1.04. The molecular formula is C20H15N5OS. The second-order valence-corrected chi connectivity index (χ2v) is 6.41. The molecule has 0 aliphatic carbocycles. The summed E-state index contributed by atoms with van der Waals surface area (Å²) in [7, 11) is 0. The van der Waals surface area contributed by atoms with Crippen LogP contribution < -0.4 is 5.73 Å². The molecule has 6 nitrogen and oxygen atoms in total. The van der Waals surface area contributed by atoms with E-state index < -0.39 is 23.7 Å². The number of nitrogens with two attached hydrogens (primary N) is 1. The first-order chi connectivity index (χ1) is 13.1. The molecule has 0 fully saturated rings. The molecule has 2 atom stereocenters. The zero-order chi connectivity index (χ0) is 19.4. The van der Waals surface area contributed by atoms with Crippen LogP contribution in [0.3, 0.4) is 0 Å². The van der Waals surface area contributed by atoms with Crippen LogP contribution in [0.25, 0.3) is 0 Å². The minimum absolute atomic E-state index is 0.173. The lowest BCUT2D eigenvalue weighted by Crippen LogP contribution is -2.39. The molecule has 27 heavy (non-hydrogen) atoms. The van der Waals surface area contributed by atoms with Crippen molar-refractivity contribution >= 4 is 28.9 Å². The van der Waals surface area contributed by atoms with Gasteiger partial charge in [0.1, 0.15) is 5.92 Å². The highest BCUT2D eigenvalue weighted by Gasteiger charge is 2.46. The van der Waals surface area contributed by atoms with Crippen molar-refractivity contribution in [2.24, 2.45) is 22.7 Å². The first-order valence-electron chi connectivity index (χ1n) is 8.20. The van der Waals surface area contributed by atoms with Crippen LogP contribution >= 0.6 is 12.2 Å². The Morgan fingerprint density at radius 1 is 1.07 bits per heavy atom. The van der Waals surface area contributed by atoms with Crippen LogP contribution in [0, 0.1) is 34.5 Å². The van der Waals surface area contributed by atoms with Crippen LogP contribution in [0.2, 0.25) is 0 Å². The number of nitriles is 2. The van der Waals surface area contributed by atoms with Gasteiger partial charge in [-0.05, 0) is 23.3 Å². The number of rotatable bonds is 4. The molecule has 0 saturated heterocycles. The third-order valence-corrected chi connectivity index (χ3v) is 4.61. The Morgan fingerprint density at radius 2 is 1.63 bits per heavy atom. The number of hydrogen-bond donors (Lipinski definition) is 1. The van der Waals surface area contributed by atoms with Gasteiger partial charge in [0, 0.05) is 5.92 Å². The first kappa shape index (κ1) is 18.2. The van der Waals surface area contributed by atoms with Crippen molar-refractivity contribution in [2.45, 2.75) is 5.92 Å². The van der Waals surface area contributed by atoms with E-state index in [1.165, 1.54) is 0 Å². The SMILES string of the molecule is N#CC(C#N)[C@H](c1ccccc1)[C@H]1C(=O)N(C(N)=S)N=C1c1ccccc1. The number of benzene rings is 2. The fourth-order valence-electron chi connectivity index (χ4n) is 3.24. The molecule has 132 valence electrons. The molecule has 0 radical (unpaired) electrons. The molecule has 0 saturated carbocycles. The lowest BCUT2D eigenvalue weighted by molar-refractivity contribution is -0.128. The van der Waals surface area contributed by atoms with Gasteiger partial charge >= 0.3 is 0 Å². The molecule has 0 spiro atoms. The van der Waals surface area contributed by atoms with E-state index in [4.69, 9.17) is 18.0 Å². The van der Waals surface area contributed by atoms with Gasteiger partial charge in [-0.2, -0.15) is 20.6 Å². The van der Waals surface area contributed by atoms with Crippen molar-refractivity contribution in [3.05, 3.63) is 71.8 Å². The van der Waals surface area contributed by atoms with Gasteiger partial charge in [0.25, 0.3) is 5.91 Å². The van der Waals surface area contributed by atoms with E-state index in [0.717, 1.165) is 5.01 Å².